The molecule has 1 heterocycles. The second kappa shape index (κ2) is 6.29. The maximum Gasteiger partial charge on any atom is 0.260 e. The molecule has 0 radical (unpaired) electrons. The Hall–Kier alpha value is -1.51. The number of carbonyl (C=O) groups excluding carboxylic acids is 1. The first-order valence-electron chi connectivity index (χ1n) is 7.49. The van der Waals surface area contributed by atoms with Crippen molar-refractivity contribution >= 4 is 5.91 Å². The minimum Gasteiger partial charge on any atom is -0.483 e. The molecule has 0 aliphatic carbocycles. The number of hydrogen-bond donors (Lipinski definition) is 0. The van der Waals surface area contributed by atoms with Crippen molar-refractivity contribution in [2.75, 3.05) is 13.2 Å². The quantitative estimate of drug-likeness (QED) is 0.846. The van der Waals surface area contributed by atoms with Gasteiger partial charge in [0.25, 0.3) is 5.91 Å². The zero-order valence-corrected chi connectivity index (χ0v) is 13.0. The summed E-state index contributed by atoms with van der Waals surface area (Å²) in [5.74, 6) is 0.963. The fraction of sp³-hybridized carbons (Fsp3) is 0.588. The van der Waals surface area contributed by atoms with Gasteiger partial charge >= 0.3 is 0 Å². The second-order valence-corrected chi connectivity index (χ2v) is 5.95. The van der Waals surface area contributed by atoms with Crippen LogP contribution in [0.5, 0.6) is 5.75 Å². The standard InChI is InChI=1S/C17H25NO2/c1-12-9-13(2)17(14(3)10-12)20-11-16(19)18-8-6-5-7-15(18)4/h9-10,15H,5-8,11H2,1-4H3. The number of amides is 1. The minimum absolute atomic E-state index is 0.108. The zero-order valence-electron chi connectivity index (χ0n) is 13.0. The molecule has 0 N–H and O–H groups in total. The average Bonchev–Trinajstić information content (AvgIpc) is 2.37. The van der Waals surface area contributed by atoms with Crippen LogP contribution in [-0.4, -0.2) is 30.0 Å². The Morgan fingerprint density at radius 3 is 2.50 bits per heavy atom. The van der Waals surface area contributed by atoms with Gasteiger partial charge in [0.1, 0.15) is 5.75 Å². The van der Waals surface area contributed by atoms with Crippen molar-refractivity contribution in [3.8, 4) is 5.75 Å². The molecule has 1 aliphatic heterocycles. The van der Waals surface area contributed by atoms with Crippen molar-refractivity contribution < 1.29 is 9.53 Å². The Morgan fingerprint density at radius 1 is 1.25 bits per heavy atom. The molecule has 110 valence electrons. The van der Waals surface area contributed by atoms with E-state index < -0.39 is 0 Å². The predicted molar refractivity (Wildman–Crippen MR) is 81.2 cm³/mol. The van der Waals surface area contributed by atoms with Gasteiger partial charge in [0, 0.05) is 12.6 Å². The normalized spacial score (nSPS) is 19.0. The molecule has 0 saturated carbocycles. The van der Waals surface area contributed by atoms with Crippen molar-refractivity contribution in [2.45, 2.75) is 53.0 Å². The molecular weight excluding hydrogens is 250 g/mol. The molecule has 1 fully saturated rings. The van der Waals surface area contributed by atoms with Gasteiger partial charge in [-0.2, -0.15) is 0 Å². The van der Waals surface area contributed by atoms with E-state index in [9.17, 15) is 4.79 Å². The Balaban J connectivity index is 2.00. The van der Waals surface area contributed by atoms with Gasteiger partial charge in [-0.3, -0.25) is 4.79 Å². The third kappa shape index (κ3) is 3.33. The number of benzene rings is 1. The third-order valence-corrected chi connectivity index (χ3v) is 4.07. The molecule has 1 aromatic carbocycles. The molecule has 1 atom stereocenters. The number of piperidine rings is 1. The Bertz CT molecular complexity index is 473. The molecule has 1 aliphatic rings. The number of carbonyl (C=O) groups is 1. The van der Waals surface area contributed by atoms with E-state index >= 15 is 0 Å². The molecular formula is C17H25NO2. The van der Waals surface area contributed by atoms with Crippen molar-refractivity contribution in [3.05, 3.63) is 28.8 Å². The van der Waals surface area contributed by atoms with Crippen LogP contribution < -0.4 is 4.74 Å². The monoisotopic (exact) mass is 275 g/mol. The second-order valence-electron chi connectivity index (χ2n) is 5.95. The third-order valence-electron chi connectivity index (χ3n) is 4.07. The highest BCUT2D eigenvalue weighted by Gasteiger charge is 2.23. The van der Waals surface area contributed by atoms with Gasteiger partial charge in [-0.25, -0.2) is 0 Å². The lowest BCUT2D eigenvalue weighted by Crippen LogP contribution is -2.44. The summed E-state index contributed by atoms with van der Waals surface area (Å²) in [7, 11) is 0. The van der Waals surface area contributed by atoms with E-state index in [0.29, 0.717) is 6.04 Å². The molecule has 1 aromatic rings. The van der Waals surface area contributed by atoms with E-state index in [1.54, 1.807) is 0 Å². The highest BCUT2D eigenvalue weighted by Crippen LogP contribution is 2.25. The number of hydrogen-bond acceptors (Lipinski definition) is 2. The van der Waals surface area contributed by atoms with E-state index in [1.165, 1.54) is 12.0 Å². The predicted octanol–water partition coefficient (Wildman–Crippen LogP) is 3.39. The molecule has 3 heteroatoms. The Kier molecular flexibility index (Phi) is 4.69. The topological polar surface area (TPSA) is 29.5 Å². The first kappa shape index (κ1) is 14.9. The number of likely N-dealkylation sites (tertiary alicyclic amines) is 1. The first-order chi connectivity index (χ1) is 9.49. The summed E-state index contributed by atoms with van der Waals surface area (Å²) in [5, 5.41) is 0. The van der Waals surface area contributed by atoms with Crippen LogP contribution in [0.2, 0.25) is 0 Å². The van der Waals surface area contributed by atoms with E-state index in [1.807, 2.05) is 18.7 Å². The fourth-order valence-electron chi connectivity index (χ4n) is 3.08. The van der Waals surface area contributed by atoms with Crippen LogP contribution in [0.25, 0.3) is 0 Å². The van der Waals surface area contributed by atoms with Crippen LogP contribution in [0.1, 0.15) is 42.9 Å². The smallest absolute Gasteiger partial charge is 0.260 e. The molecule has 0 spiro atoms. The van der Waals surface area contributed by atoms with Crippen molar-refractivity contribution in [2.24, 2.45) is 0 Å². The van der Waals surface area contributed by atoms with E-state index in [-0.39, 0.29) is 12.5 Å². The van der Waals surface area contributed by atoms with Crippen LogP contribution in [-0.2, 0) is 4.79 Å². The van der Waals surface area contributed by atoms with Crippen molar-refractivity contribution in [3.63, 3.8) is 0 Å². The van der Waals surface area contributed by atoms with E-state index in [4.69, 9.17) is 4.74 Å². The zero-order chi connectivity index (χ0) is 14.7. The molecule has 3 nitrogen and oxygen atoms in total. The Labute approximate surface area is 121 Å². The number of nitrogens with zero attached hydrogens (tertiary/aromatic N) is 1. The summed E-state index contributed by atoms with van der Waals surface area (Å²) in [6.45, 7) is 9.28. The first-order valence-corrected chi connectivity index (χ1v) is 7.49. The molecule has 1 saturated heterocycles. The molecule has 20 heavy (non-hydrogen) atoms. The SMILES string of the molecule is Cc1cc(C)c(OCC(=O)N2CCCCC2C)c(C)c1. The summed E-state index contributed by atoms with van der Waals surface area (Å²) in [6.07, 6.45) is 3.44. The van der Waals surface area contributed by atoms with Gasteiger partial charge < -0.3 is 9.64 Å². The number of ether oxygens (including phenoxy) is 1. The summed E-state index contributed by atoms with van der Waals surface area (Å²) >= 11 is 0. The van der Waals surface area contributed by atoms with Crippen LogP contribution in [0.3, 0.4) is 0 Å². The van der Waals surface area contributed by atoms with Crippen molar-refractivity contribution in [1.82, 2.24) is 4.90 Å². The fourth-order valence-corrected chi connectivity index (χ4v) is 3.08. The maximum atomic E-state index is 12.3. The average molecular weight is 275 g/mol. The van der Waals surface area contributed by atoms with Gasteiger partial charge in [0.15, 0.2) is 6.61 Å². The molecule has 0 bridgehead atoms. The lowest BCUT2D eigenvalue weighted by atomic mass is 10.0. The van der Waals surface area contributed by atoms with E-state index in [0.717, 1.165) is 36.3 Å². The van der Waals surface area contributed by atoms with Crippen LogP contribution in [0.4, 0.5) is 0 Å². The maximum absolute atomic E-state index is 12.3. The summed E-state index contributed by atoms with van der Waals surface area (Å²) in [4.78, 5) is 14.2. The highest BCUT2D eigenvalue weighted by molar-refractivity contribution is 5.78. The van der Waals surface area contributed by atoms with Gasteiger partial charge in [-0.05, 0) is 58.1 Å². The summed E-state index contributed by atoms with van der Waals surface area (Å²) in [5.41, 5.74) is 3.42. The molecule has 2 rings (SSSR count). The molecule has 1 amide bonds. The molecule has 0 aromatic heterocycles. The van der Waals surface area contributed by atoms with E-state index in [2.05, 4.69) is 26.0 Å². The van der Waals surface area contributed by atoms with Crippen LogP contribution in [0, 0.1) is 20.8 Å². The minimum atomic E-state index is 0.108. The summed E-state index contributed by atoms with van der Waals surface area (Å²) in [6, 6.07) is 4.53. The van der Waals surface area contributed by atoms with Gasteiger partial charge in [0.05, 0.1) is 0 Å². The Morgan fingerprint density at radius 2 is 1.90 bits per heavy atom. The lowest BCUT2D eigenvalue weighted by Gasteiger charge is -2.33. The van der Waals surface area contributed by atoms with Crippen LogP contribution in [0.15, 0.2) is 12.1 Å². The van der Waals surface area contributed by atoms with Crippen molar-refractivity contribution in [1.29, 1.82) is 0 Å². The number of aryl methyl sites for hydroxylation is 3. The largest absolute Gasteiger partial charge is 0.483 e. The lowest BCUT2D eigenvalue weighted by molar-refractivity contribution is -0.136. The van der Waals surface area contributed by atoms with Gasteiger partial charge in [-0.1, -0.05) is 17.7 Å². The van der Waals surface area contributed by atoms with Crippen LogP contribution >= 0.6 is 0 Å². The highest BCUT2D eigenvalue weighted by atomic mass is 16.5. The van der Waals surface area contributed by atoms with Gasteiger partial charge in [-0.15, -0.1) is 0 Å². The molecule has 1 unspecified atom stereocenters. The van der Waals surface area contributed by atoms with Gasteiger partial charge in [0.2, 0.25) is 0 Å². The number of rotatable bonds is 3. The summed E-state index contributed by atoms with van der Waals surface area (Å²) < 4.78 is 5.79.